The number of anilines is 1. The van der Waals surface area contributed by atoms with Gasteiger partial charge in [-0.3, -0.25) is 4.79 Å². The van der Waals surface area contributed by atoms with Gasteiger partial charge in [-0.15, -0.1) is 0 Å². The predicted octanol–water partition coefficient (Wildman–Crippen LogP) is 4.58. The minimum atomic E-state index is 0.0291. The number of unbranched alkanes of at least 4 members (excludes halogenated alkanes) is 1. The normalized spacial score (nSPS) is 17.1. The van der Waals surface area contributed by atoms with Crippen molar-refractivity contribution >= 4 is 44.3 Å². The number of aromatic nitrogens is 3. The molecule has 0 bridgehead atoms. The third-order valence-corrected chi connectivity index (χ3v) is 6.81. The molecule has 4 rings (SSSR count). The van der Waals surface area contributed by atoms with Gasteiger partial charge in [-0.2, -0.15) is 10.1 Å². The highest BCUT2D eigenvalue weighted by atomic mass is 35.5. The fourth-order valence-corrected chi connectivity index (χ4v) is 4.87. The quantitative estimate of drug-likeness (QED) is 0.580. The lowest BCUT2D eigenvalue weighted by molar-refractivity contribution is -0.125. The minimum absolute atomic E-state index is 0.0291. The zero-order valence-corrected chi connectivity index (χ0v) is 18.4. The van der Waals surface area contributed by atoms with Crippen LogP contribution in [0.15, 0.2) is 24.3 Å². The molecule has 154 valence electrons. The van der Waals surface area contributed by atoms with Gasteiger partial charge in [0.05, 0.1) is 22.0 Å². The van der Waals surface area contributed by atoms with Crippen molar-refractivity contribution in [3.63, 3.8) is 0 Å². The standard InChI is InChI=1S/C21H26ClN5OS/c1-3-4-11-23-20(28)15-6-5-12-26(13-15)21-24-19-18(29-21)14(2)25-27(19)17-9-7-16(22)8-10-17/h7-10,15H,3-6,11-13H2,1-2H3,(H,23,28)/t15-/m0/s1. The van der Waals surface area contributed by atoms with Crippen LogP contribution in [-0.4, -0.2) is 40.3 Å². The minimum Gasteiger partial charge on any atom is -0.356 e. The van der Waals surface area contributed by atoms with Crippen LogP contribution >= 0.6 is 22.9 Å². The Balaban J connectivity index is 1.55. The summed E-state index contributed by atoms with van der Waals surface area (Å²) in [6.45, 7) is 6.57. The molecule has 0 radical (unpaired) electrons. The largest absolute Gasteiger partial charge is 0.356 e. The Labute approximate surface area is 179 Å². The maximum absolute atomic E-state index is 12.5. The molecule has 1 aliphatic rings. The molecular formula is C21H26ClN5OS. The van der Waals surface area contributed by atoms with E-state index in [2.05, 4.69) is 22.2 Å². The van der Waals surface area contributed by atoms with E-state index in [1.807, 2.05) is 35.9 Å². The van der Waals surface area contributed by atoms with Crippen molar-refractivity contribution in [2.45, 2.75) is 39.5 Å². The number of halogens is 1. The third kappa shape index (κ3) is 4.26. The number of nitrogens with one attached hydrogen (secondary N) is 1. The zero-order valence-electron chi connectivity index (χ0n) is 16.8. The first-order chi connectivity index (χ1) is 14.1. The monoisotopic (exact) mass is 431 g/mol. The molecule has 29 heavy (non-hydrogen) atoms. The highest BCUT2D eigenvalue weighted by Crippen LogP contribution is 2.34. The SMILES string of the molecule is CCCCNC(=O)[C@H]1CCCN(c2nc3c(s2)c(C)nn3-c2ccc(Cl)cc2)C1. The van der Waals surface area contributed by atoms with Gasteiger partial charge >= 0.3 is 0 Å². The van der Waals surface area contributed by atoms with Crippen molar-refractivity contribution in [2.75, 3.05) is 24.5 Å². The molecule has 1 amide bonds. The number of nitrogens with zero attached hydrogens (tertiary/aromatic N) is 4. The first-order valence-corrected chi connectivity index (χ1v) is 11.4. The van der Waals surface area contributed by atoms with E-state index in [4.69, 9.17) is 16.6 Å². The van der Waals surface area contributed by atoms with E-state index in [9.17, 15) is 4.79 Å². The number of benzene rings is 1. The molecule has 3 aromatic rings. The fourth-order valence-electron chi connectivity index (χ4n) is 3.72. The van der Waals surface area contributed by atoms with Crippen LogP contribution in [0.25, 0.3) is 16.0 Å². The summed E-state index contributed by atoms with van der Waals surface area (Å²) in [6.07, 6.45) is 4.06. The van der Waals surface area contributed by atoms with Crippen molar-refractivity contribution in [1.82, 2.24) is 20.1 Å². The molecule has 0 spiro atoms. The number of hydrogen-bond acceptors (Lipinski definition) is 5. The molecule has 0 unspecified atom stereocenters. The van der Waals surface area contributed by atoms with Crippen LogP contribution in [-0.2, 0) is 4.79 Å². The second-order valence-electron chi connectivity index (χ2n) is 7.55. The van der Waals surface area contributed by atoms with E-state index in [-0.39, 0.29) is 11.8 Å². The average Bonchev–Trinajstić information content (AvgIpc) is 3.30. The third-order valence-electron chi connectivity index (χ3n) is 5.34. The van der Waals surface area contributed by atoms with Gasteiger partial charge in [0.1, 0.15) is 0 Å². The molecule has 1 atom stereocenters. The second kappa shape index (κ2) is 8.71. The Kier molecular flexibility index (Phi) is 6.06. The van der Waals surface area contributed by atoms with Gasteiger partial charge in [-0.1, -0.05) is 36.3 Å². The Bertz CT molecular complexity index is 997. The van der Waals surface area contributed by atoms with Gasteiger partial charge in [-0.05, 0) is 50.5 Å². The lowest BCUT2D eigenvalue weighted by atomic mass is 9.97. The Morgan fingerprint density at radius 2 is 2.14 bits per heavy atom. The van der Waals surface area contributed by atoms with Crippen LogP contribution in [0.4, 0.5) is 5.13 Å². The van der Waals surface area contributed by atoms with Crippen LogP contribution in [0.2, 0.25) is 5.02 Å². The van der Waals surface area contributed by atoms with Gasteiger partial charge in [0.15, 0.2) is 10.8 Å². The second-order valence-corrected chi connectivity index (χ2v) is 8.97. The predicted molar refractivity (Wildman–Crippen MR) is 119 cm³/mol. The molecule has 8 heteroatoms. The summed E-state index contributed by atoms with van der Waals surface area (Å²) in [7, 11) is 0. The summed E-state index contributed by atoms with van der Waals surface area (Å²) in [4.78, 5) is 19.7. The fraction of sp³-hybridized carbons (Fsp3) is 0.476. The number of hydrogen-bond donors (Lipinski definition) is 1. The summed E-state index contributed by atoms with van der Waals surface area (Å²) < 4.78 is 2.96. The molecule has 1 saturated heterocycles. The molecule has 0 saturated carbocycles. The average molecular weight is 432 g/mol. The molecular weight excluding hydrogens is 406 g/mol. The van der Waals surface area contributed by atoms with Crippen molar-refractivity contribution < 1.29 is 4.79 Å². The number of fused-ring (bicyclic) bond motifs is 1. The maximum Gasteiger partial charge on any atom is 0.224 e. The summed E-state index contributed by atoms with van der Waals surface area (Å²) in [6, 6.07) is 7.62. The Morgan fingerprint density at radius 1 is 1.34 bits per heavy atom. The molecule has 1 N–H and O–H groups in total. The first-order valence-electron chi connectivity index (χ1n) is 10.2. The van der Waals surface area contributed by atoms with Crippen molar-refractivity contribution in [1.29, 1.82) is 0 Å². The van der Waals surface area contributed by atoms with E-state index < -0.39 is 0 Å². The highest BCUT2D eigenvalue weighted by molar-refractivity contribution is 7.22. The topological polar surface area (TPSA) is 63.1 Å². The number of aryl methyl sites for hydroxylation is 1. The number of thiazole rings is 1. The van der Waals surface area contributed by atoms with Crippen molar-refractivity contribution in [2.24, 2.45) is 5.92 Å². The Hall–Kier alpha value is -2.12. The molecule has 1 aliphatic heterocycles. The first kappa shape index (κ1) is 20.2. The van der Waals surface area contributed by atoms with Gasteiger partial charge in [-0.25, -0.2) is 4.68 Å². The maximum atomic E-state index is 12.5. The number of amides is 1. The van der Waals surface area contributed by atoms with E-state index in [1.54, 1.807) is 11.3 Å². The molecule has 0 aliphatic carbocycles. The van der Waals surface area contributed by atoms with E-state index >= 15 is 0 Å². The zero-order chi connectivity index (χ0) is 20.4. The van der Waals surface area contributed by atoms with Crippen LogP contribution in [0.5, 0.6) is 0 Å². The lowest BCUT2D eigenvalue weighted by Crippen LogP contribution is -2.43. The smallest absolute Gasteiger partial charge is 0.224 e. The summed E-state index contributed by atoms with van der Waals surface area (Å²) in [5, 5.41) is 9.41. The Morgan fingerprint density at radius 3 is 2.90 bits per heavy atom. The number of carbonyl (C=O) groups is 1. The van der Waals surface area contributed by atoms with Crippen molar-refractivity contribution in [3.8, 4) is 5.69 Å². The highest BCUT2D eigenvalue weighted by Gasteiger charge is 2.28. The van der Waals surface area contributed by atoms with Crippen LogP contribution in [0.3, 0.4) is 0 Å². The molecule has 1 fully saturated rings. The molecule has 3 heterocycles. The van der Waals surface area contributed by atoms with Crippen LogP contribution in [0, 0.1) is 12.8 Å². The van der Waals surface area contributed by atoms with Crippen LogP contribution < -0.4 is 10.2 Å². The van der Waals surface area contributed by atoms with E-state index in [0.717, 1.165) is 72.2 Å². The number of piperidine rings is 1. The van der Waals surface area contributed by atoms with Gasteiger partial charge < -0.3 is 10.2 Å². The summed E-state index contributed by atoms with van der Waals surface area (Å²) in [5.74, 6) is 0.203. The number of rotatable bonds is 6. The van der Waals surface area contributed by atoms with Gasteiger partial charge in [0, 0.05) is 24.7 Å². The van der Waals surface area contributed by atoms with Crippen LogP contribution in [0.1, 0.15) is 38.3 Å². The molecule has 1 aromatic carbocycles. The summed E-state index contributed by atoms with van der Waals surface area (Å²) >= 11 is 7.68. The molecule has 2 aromatic heterocycles. The van der Waals surface area contributed by atoms with Crippen molar-refractivity contribution in [3.05, 3.63) is 35.0 Å². The summed E-state index contributed by atoms with van der Waals surface area (Å²) in [5.41, 5.74) is 2.76. The molecule has 6 nitrogen and oxygen atoms in total. The van der Waals surface area contributed by atoms with Gasteiger partial charge in [0.25, 0.3) is 0 Å². The lowest BCUT2D eigenvalue weighted by Gasteiger charge is -2.31. The van der Waals surface area contributed by atoms with E-state index in [1.165, 1.54) is 0 Å². The van der Waals surface area contributed by atoms with E-state index in [0.29, 0.717) is 5.02 Å². The number of carbonyl (C=O) groups excluding carboxylic acids is 1. The van der Waals surface area contributed by atoms with Gasteiger partial charge in [0.2, 0.25) is 5.91 Å².